The molecule has 0 bridgehead atoms. The van der Waals surface area contributed by atoms with E-state index < -0.39 is 0 Å². The van der Waals surface area contributed by atoms with Crippen LogP contribution in [0.3, 0.4) is 0 Å². The number of hydrogen-bond donors (Lipinski definition) is 0. The quantitative estimate of drug-likeness (QED) is 0.165. The highest BCUT2D eigenvalue weighted by Gasteiger charge is 2.17. The van der Waals surface area contributed by atoms with Gasteiger partial charge in [-0.2, -0.15) is 0 Å². The summed E-state index contributed by atoms with van der Waals surface area (Å²) in [6, 6.07) is 61.8. The van der Waals surface area contributed by atoms with Gasteiger partial charge in [-0.1, -0.05) is 140 Å². The molecule has 2 heteroatoms. The lowest BCUT2D eigenvalue weighted by atomic mass is 9.96. The topological polar surface area (TPSA) is 3.24 Å². The first-order valence-electron chi connectivity index (χ1n) is 17.3. The zero-order valence-corrected chi connectivity index (χ0v) is 28.5. The largest absolute Gasteiger partial charge is 0.311 e. The summed E-state index contributed by atoms with van der Waals surface area (Å²) >= 11 is 1.89. The average molecular weight is 658 g/mol. The smallest absolute Gasteiger partial charge is 0.0461 e. The van der Waals surface area contributed by atoms with Gasteiger partial charge in [0.05, 0.1) is 0 Å². The molecule has 0 amide bonds. The third-order valence-electron chi connectivity index (χ3n) is 9.71. The zero-order valence-electron chi connectivity index (χ0n) is 27.7. The number of fused-ring (bicyclic) bond motifs is 3. The molecule has 238 valence electrons. The molecule has 50 heavy (non-hydrogen) atoms. The van der Waals surface area contributed by atoms with E-state index in [0.717, 1.165) is 24.2 Å². The van der Waals surface area contributed by atoms with E-state index >= 15 is 0 Å². The molecular formula is C48H35NS. The normalized spacial score (nSPS) is 12.7. The molecule has 0 saturated carbocycles. The summed E-state index contributed by atoms with van der Waals surface area (Å²) in [5.41, 5.74) is 13.4. The molecule has 8 aromatic rings. The van der Waals surface area contributed by atoms with Gasteiger partial charge in [0.25, 0.3) is 0 Å². The summed E-state index contributed by atoms with van der Waals surface area (Å²) in [5.74, 6) is 0. The van der Waals surface area contributed by atoms with Crippen LogP contribution in [0.15, 0.2) is 194 Å². The van der Waals surface area contributed by atoms with Gasteiger partial charge in [-0.3, -0.25) is 0 Å². The Morgan fingerprint density at radius 1 is 0.420 bits per heavy atom. The summed E-state index contributed by atoms with van der Waals surface area (Å²) in [7, 11) is 0. The highest BCUT2D eigenvalue weighted by atomic mass is 32.1. The van der Waals surface area contributed by atoms with E-state index in [2.05, 4.69) is 193 Å². The van der Waals surface area contributed by atoms with Crippen LogP contribution in [-0.2, 0) is 0 Å². The highest BCUT2D eigenvalue weighted by Crippen LogP contribution is 2.43. The van der Waals surface area contributed by atoms with E-state index in [1.165, 1.54) is 70.4 Å². The minimum absolute atomic E-state index is 1.04. The number of allylic oxidation sites excluding steroid dienone is 3. The molecule has 0 radical (unpaired) electrons. The van der Waals surface area contributed by atoms with E-state index in [1.54, 1.807) is 0 Å². The van der Waals surface area contributed by atoms with Crippen molar-refractivity contribution in [1.29, 1.82) is 0 Å². The number of benzene rings is 7. The Bertz CT molecular complexity index is 2490. The maximum atomic E-state index is 2.38. The predicted molar refractivity (Wildman–Crippen MR) is 216 cm³/mol. The Morgan fingerprint density at radius 2 is 0.940 bits per heavy atom. The molecule has 0 fully saturated rings. The molecule has 0 saturated heterocycles. The predicted octanol–water partition coefficient (Wildman–Crippen LogP) is 14.1. The van der Waals surface area contributed by atoms with Gasteiger partial charge in [-0.15, -0.1) is 11.3 Å². The van der Waals surface area contributed by atoms with Crippen LogP contribution >= 0.6 is 11.3 Å². The highest BCUT2D eigenvalue weighted by molar-refractivity contribution is 7.26. The molecule has 1 aliphatic rings. The van der Waals surface area contributed by atoms with Crippen LogP contribution in [0.1, 0.15) is 12.8 Å². The molecule has 1 heterocycles. The van der Waals surface area contributed by atoms with Crippen LogP contribution in [0.5, 0.6) is 0 Å². The molecule has 1 nitrogen and oxygen atoms in total. The molecule has 0 atom stereocenters. The minimum Gasteiger partial charge on any atom is -0.311 e. The Hall–Kier alpha value is -5.96. The Balaban J connectivity index is 1.07. The van der Waals surface area contributed by atoms with Crippen molar-refractivity contribution in [2.24, 2.45) is 0 Å². The molecule has 1 aliphatic carbocycles. The molecule has 1 aromatic heterocycles. The number of rotatable bonds is 7. The lowest BCUT2D eigenvalue weighted by molar-refractivity contribution is 0.997. The van der Waals surface area contributed by atoms with Gasteiger partial charge in [0.2, 0.25) is 0 Å². The van der Waals surface area contributed by atoms with Crippen molar-refractivity contribution in [2.75, 3.05) is 4.90 Å². The van der Waals surface area contributed by atoms with Crippen LogP contribution in [0.2, 0.25) is 0 Å². The second-order valence-electron chi connectivity index (χ2n) is 12.8. The van der Waals surface area contributed by atoms with Gasteiger partial charge < -0.3 is 4.90 Å². The molecule has 7 aromatic carbocycles. The first-order chi connectivity index (χ1) is 24.8. The number of nitrogens with zero attached hydrogens (tertiary/aromatic N) is 1. The van der Waals surface area contributed by atoms with Crippen LogP contribution < -0.4 is 4.90 Å². The second-order valence-corrected chi connectivity index (χ2v) is 13.9. The first-order valence-corrected chi connectivity index (χ1v) is 18.1. The molecule has 9 rings (SSSR count). The lowest BCUT2D eigenvalue weighted by Crippen LogP contribution is -2.16. The van der Waals surface area contributed by atoms with Crippen LogP contribution in [-0.4, -0.2) is 0 Å². The second kappa shape index (κ2) is 13.2. The van der Waals surface area contributed by atoms with Gasteiger partial charge in [-0.05, 0) is 100 Å². The number of thiophene rings is 1. The Labute approximate surface area is 297 Å². The van der Waals surface area contributed by atoms with Crippen molar-refractivity contribution < 1.29 is 0 Å². The van der Waals surface area contributed by atoms with Crippen LogP contribution in [0.25, 0.3) is 64.7 Å². The van der Waals surface area contributed by atoms with E-state index in [1.807, 2.05) is 11.3 Å². The van der Waals surface area contributed by atoms with Crippen LogP contribution in [0, 0.1) is 0 Å². The van der Waals surface area contributed by atoms with Crippen molar-refractivity contribution in [3.05, 3.63) is 194 Å². The SMILES string of the molecule is C1=CC(N(c2ccc(-c3ccc(-c4ccccc4)cc3)cc2)c2ccc(-c3cc(-c4ccccc4)c4sc5ccccc5c4c3)cc2)=CCC1. The zero-order chi connectivity index (χ0) is 33.3. The van der Waals surface area contributed by atoms with Crippen molar-refractivity contribution in [2.45, 2.75) is 12.8 Å². The standard InChI is InChI=1S/C48H35NS/c1-4-12-34(13-5-1)35-20-22-36(23-21-35)37-24-28-42(29-25-37)49(41-16-8-3-9-17-41)43-30-26-38(27-31-43)40-32-45(39-14-6-2-7-15-39)48-46(33-40)44-18-10-11-19-47(44)50-48/h1-2,4-8,10-33H,3,9H2. The molecular weight excluding hydrogens is 623 g/mol. The van der Waals surface area contributed by atoms with Gasteiger partial charge in [0, 0.05) is 42.8 Å². The van der Waals surface area contributed by atoms with E-state index in [-0.39, 0.29) is 0 Å². The molecule has 0 N–H and O–H groups in total. The average Bonchev–Trinajstić information content (AvgIpc) is 3.58. The minimum atomic E-state index is 1.04. The fourth-order valence-corrected chi connectivity index (χ4v) is 8.35. The monoisotopic (exact) mass is 657 g/mol. The van der Waals surface area contributed by atoms with Crippen molar-refractivity contribution in [3.8, 4) is 44.5 Å². The van der Waals surface area contributed by atoms with Crippen molar-refractivity contribution in [3.63, 3.8) is 0 Å². The number of anilines is 2. The third-order valence-corrected chi connectivity index (χ3v) is 10.9. The Morgan fingerprint density at radius 3 is 1.54 bits per heavy atom. The van der Waals surface area contributed by atoms with E-state index in [9.17, 15) is 0 Å². The fourth-order valence-electron chi connectivity index (χ4n) is 7.13. The molecule has 0 spiro atoms. The Kier molecular flexibility index (Phi) is 7.93. The van der Waals surface area contributed by atoms with Gasteiger partial charge >= 0.3 is 0 Å². The van der Waals surface area contributed by atoms with Crippen molar-refractivity contribution in [1.82, 2.24) is 0 Å². The molecule has 0 unspecified atom stereocenters. The van der Waals surface area contributed by atoms with E-state index in [4.69, 9.17) is 0 Å². The maximum absolute atomic E-state index is 2.38. The summed E-state index contributed by atoms with van der Waals surface area (Å²) in [4.78, 5) is 2.38. The summed E-state index contributed by atoms with van der Waals surface area (Å²) in [6.45, 7) is 0. The molecule has 0 aliphatic heterocycles. The third kappa shape index (κ3) is 5.74. The summed E-state index contributed by atoms with van der Waals surface area (Å²) < 4.78 is 2.67. The van der Waals surface area contributed by atoms with Gasteiger partial charge in [-0.25, -0.2) is 0 Å². The summed E-state index contributed by atoms with van der Waals surface area (Å²) in [5, 5.41) is 2.64. The fraction of sp³-hybridized carbons (Fsp3) is 0.0417. The van der Waals surface area contributed by atoms with E-state index in [0.29, 0.717) is 0 Å². The van der Waals surface area contributed by atoms with Gasteiger partial charge in [0.15, 0.2) is 0 Å². The van der Waals surface area contributed by atoms with Crippen molar-refractivity contribution >= 4 is 42.9 Å². The number of hydrogen-bond acceptors (Lipinski definition) is 2. The van der Waals surface area contributed by atoms with Gasteiger partial charge in [0.1, 0.15) is 0 Å². The summed E-state index contributed by atoms with van der Waals surface area (Å²) in [6.07, 6.45) is 9.02. The lowest BCUT2D eigenvalue weighted by Gasteiger charge is -2.28. The van der Waals surface area contributed by atoms with Crippen LogP contribution in [0.4, 0.5) is 11.4 Å². The maximum Gasteiger partial charge on any atom is 0.0461 e. The first kappa shape index (κ1) is 30.1.